The molecule has 1 amide bonds. The van der Waals surface area contributed by atoms with Gasteiger partial charge in [-0.05, 0) is 62.5 Å². The van der Waals surface area contributed by atoms with Gasteiger partial charge in [0.05, 0.1) is 18.0 Å². The summed E-state index contributed by atoms with van der Waals surface area (Å²) in [6.07, 6.45) is 1.00. The number of halogens is 4. The lowest BCUT2D eigenvalue weighted by Gasteiger charge is -2.40. The highest BCUT2D eigenvalue weighted by Crippen LogP contribution is 2.41. The number of alkyl halides is 1. The summed E-state index contributed by atoms with van der Waals surface area (Å²) in [5, 5.41) is 12.7. The van der Waals surface area contributed by atoms with Crippen LogP contribution in [-0.4, -0.2) is 54.3 Å². The van der Waals surface area contributed by atoms with Crippen LogP contribution in [-0.2, 0) is 11.3 Å². The first-order valence-corrected chi connectivity index (χ1v) is 13.1. The lowest BCUT2D eigenvalue weighted by atomic mass is 9.73. The van der Waals surface area contributed by atoms with Crippen molar-refractivity contribution in [3.63, 3.8) is 0 Å². The van der Waals surface area contributed by atoms with E-state index in [-0.39, 0.29) is 25.9 Å². The van der Waals surface area contributed by atoms with E-state index in [2.05, 4.69) is 10.3 Å². The van der Waals surface area contributed by atoms with Crippen molar-refractivity contribution in [1.82, 2.24) is 15.4 Å². The molecular formula is C28H33F4N5O3. The number of hydrogen-bond donors (Lipinski definition) is 4. The topological polar surface area (TPSA) is 113 Å². The lowest BCUT2D eigenvalue weighted by molar-refractivity contribution is -0.143. The number of nitrogens with zero attached hydrogens (tertiary/aromatic N) is 2. The quantitative estimate of drug-likeness (QED) is 0.153. The van der Waals surface area contributed by atoms with Crippen molar-refractivity contribution in [2.75, 3.05) is 38.6 Å². The molecule has 0 unspecified atom stereocenters. The summed E-state index contributed by atoms with van der Waals surface area (Å²) in [4.78, 5) is 19.2. The molecule has 5 N–H and O–H groups in total. The molecule has 1 aliphatic rings. The van der Waals surface area contributed by atoms with Crippen LogP contribution in [0.15, 0.2) is 36.5 Å². The average molecular weight is 564 g/mol. The lowest BCUT2D eigenvalue weighted by Crippen LogP contribution is -2.49. The number of amides is 1. The van der Waals surface area contributed by atoms with Crippen LogP contribution in [0.5, 0.6) is 5.75 Å². The van der Waals surface area contributed by atoms with Gasteiger partial charge in [0.1, 0.15) is 23.4 Å². The summed E-state index contributed by atoms with van der Waals surface area (Å²) in [7, 11) is 1.52. The SMILES string of the molecule is COc1ccc2ncc(CN)c([C@H](F)CCC3(C(=O)NO)CCN(CCNc4c(F)cc(F)cc4F)CC3)c2c1. The van der Waals surface area contributed by atoms with Gasteiger partial charge in [-0.3, -0.25) is 15.0 Å². The Balaban J connectivity index is 1.42. The predicted octanol–water partition coefficient (Wildman–Crippen LogP) is 4.61. The molecule has 1 aromatic heterocycles. The molecule has 216 valence electrons. The number of methoxy groups -OCH3 is 1. The first kappa shape index (κ1) is 29.5. The van der Waals surface area contributed by atoms with Crippen molar-refractivity contribution in [3.05, 3.63) is 65.1 Å². The fourth-order valence-electron chi connectivity index (χ4n) is 5.40. The van der Waals surface area contributed by atoms with Gasteiger partial charge in [-0.1, -0.05) is 0 Å². The minimum atomic E-state index is -1.44. The number of likely N-dealkylation sites (tertiary alicyclic amines) is 1. The monoisotopic (exact) mass is 563 g/mol. The molecule has 2 heterocycles. The molecule has 0 radical (unpaired) electrons. The van der Waals surface area contributed by atoms with E-state index < -0.39 is 40.6 Å². The van der Waals surface area contributed by atoms with E-state index in [1.54, 1.807) is 29.9 Å². The van der Waals surface area contributed by atoms with Gasteiger partial charge < -0.3 is 20.7 Å². The number of carbonyl (C=O) groups is 1. The molecule has 0 aliphatic carbocycles. The average Bonchev–Trinajstić information content (AvgIpc) is 2.96. The molecule has 8 nitrogen and oxygen atoms in total. The summed E-state index contributed by atoms with van der Waals surface area (Å²) in [6.45, 7) is 1.58. The van der Waals surface area contributed by atoms with Crippen molar-refractivity contribution in [2.45, 2.75) is 38.4 Å². The van der Waals surface area contributed by atoms with Crippen LogP contribution in [0.3, 0.4) is 0 Å². The molecule has 4 rings (SSSR count). The van der Waals surface area contributed by atoms with Gasteiger partial charge in [-0.2, -0.15) is 0 Å². The number of hydroxylamine groups is 1. The van der Waals surface area contributed by atoms with E-state index in [0.29, 0.717) is 72.4 Å². The number of nitrogens with one attached hydrogen (secondary N) is 2. The second-order valence-corrected chi connectivity index (χ2v) is 10.0. The van der Waals surface area contributed by atoms with Gasteiger partial charge >= 0.3 is 0 Å². The van der Waals surface area contributed by atoms with Crippen LogP contribution in [0.4, 0.5) is 23.2 Å². The Morgan fingerprint density at radius 3 is 2.52 bits per heavy atom. The zero-order valence-electron chi connectivity index (χ0n) is 22.2. The normalized spacial score (nSPS) is 16.1. The van der Waals surface area contributed by atoms with E-state index in [1.807, 2.05) is 4.90 Å². The highest BCUT2D eigenvalue weighted by molar-refractivity contribution is 5.85. The number of benzene rings is 2. The summed E-state index contributed by atoms with van der Waals surface area (Å²) < 4.78 is 62.1. The maximum absolute atomic E-state index is 15.9. The van der Waals surface area contributed by atoms with E-state index in [4.69, 9.17) is 10.5 Å². The Kier molecular flexibility index (Phi) is 9.44. The van der Waals surface area contributed by atoms with Gasteiger partial charge in [0.25, 0.3) is 0 Å². The standard InChI is InChI=1S/C28H33F4N5O3/c1-40-19-2-3-24-20(14-19)25(17(15-33)16-35-24)21(30)4-5-28(27(38)36-39)6-9-37(10-7-28)11-8-34-26-22(31)12-18(29)13-23(26)32/h2-3,12-14,16,21,34,39H,4-11,15,33H2,1H3,(H,36,38)/t21-/m1/s1. The Labute approximate surface area is 229 Å². The molecule has 1 saturated heterocycles. The first-order valence-electron chi connectivity index (χ1n) is 13.1. The third kappa shape index (κ3) is 6.29. The molecule has 2 aromatic carbocycles. The van der Waals surface area contributed by atoms with Crippen molar-refractivity contribution < 1.29 is 32.3 Å². The van der Waals surface area contributed by atoms with Crippen LogP contribution in [0.1, 0.15) is 43.0 Å². The molecule has 0 spiro atoms. The number of nitrogens with two attached hydrogens (primary N) is 1. The fraction of sp³-hybridized carbons (Fsp3) is 0.429. The third-order valence-electron chi connectivity index (χ3n) is 7.74. The number of pyridine rings is 1. The van der Waals surface area contributed by atoms with Gasteiger partial charge in [0, 0.05) is 48.9 Å². The van der Waals surface area contributed by atoms with E-state index in [1.165, 1.54) is 7.11 Å². The summed E-state index contributed by atoms with van der Waals surface area (Å²) in [5.41, 5.74) is 7.81. The van der Waals surface area contributed by atoms with Crippen molar-refractivity contribution in [3.8, 4) is 5.75 Å². The minimum absolute atomic E-state index is 0.0153. The second-order valence-electron chi connectivity index (χ2n) is 10.0. The van der Waals surface area contributed by atoms with Gasteiger partial charge in [-0.15, -0.1) is 0 Å². The number of anilines is 1. The number of ether oxygens (including phenoxy) is 1. The van der Waals surface area contributed by atoms with E-state index >= 15 is 4.39 Å². The van der Waals surface area contributed by atoms with E-state index in [0.717, 1.165) is 0 Å². The van der Waals surface area contributed by atoms with Crippen molar-refractivity contribution in [2.24, 2.45) is 11.1 Å². The molecule has 1 atom stereocenters. The maximum Gasteiger partial charge on any atom is 0.249 e. The molecule has 3 aromatic rings. The molecular weight excluding hydrogens is 530 g/mol. The number of rotatable bonds is 11. The highest BCUT2D eigenvalue weighted by atomic mass is 19.1. The second kappa shape index (κ2) is 12.8. The Morgan fingerprint density at radius 2 is 1.90 bits per heavy atom. The number of aromatic nitrogens is 1. The highest BCUT2D eigenvalue weighted by Gasteiger charge is 2.41. The Morgan fingerprint density at radius 1 is 1.20 bits per heavy atom. The minimum Gasteiger partial charge on any atom is -0.497 e. The number of hydrogen-bond acceptors (Lipinski definition) is 7. The van der Waals surface area contributed by atoms with Crippen molar-refractivity contribution in [1.29, 1.82) is 0 Å². The van der Waals surface area contributed by atoms with Gasteiger partial charge in [-0.25, -0.2) is 23.0 Å². The van der Waals surface area contributed by atoms with E-state index in [9.17, 15) is 23.2 Å². The predicted molar refractivity (Wildman–Crippen MR) is 142 cm³/mol. The van der Waals surface area contributed by atoms with Crippen molar-refractivity contribution >= 4 is 22.5 Å². The zero-order chi connectivity index (χ0) is 28.9. The first-order chi connectivity index (χ1) is 19.2. The van der Waals surface area contributed by atoms with Crippen LogP contribution in [0.2, 0.25) is 0 Å². The molecule has 40 heavy (non-hydrogen) atoms. The molecule has 0 saturated carbocycles. The Bertz CT molecular complexity index is 1320. The Hall–Kier alpha value is -3.48. The summed E-state index contributed by atoms with van der Waals surface area (Å²) in [6, 6.07) is 6.41. The largest absolute Gasteiger partial charge is 0.497 e. The zero-order valence-corrected chi connectivity index (χ0v) is 22.2. The summed E-state index contributed by atoms with van der Waals surface area (Å²) >= 11 is 0. The number of fused-ring (bicyclic) bond motifs is 1. The third-order valence-corrected chi connectivity index (χ3v) is 7.74. The molecule has 0 bridgehead atoms. The van der Waals surface area contributed by atoms with Gasteiger partial charge in [0.2, 0.25) is 5.91 Å². The smallest absolute Gasteiger partial charge is 0.249 e. The fourth-order valence-corrected chi connectivity index (χ4v) is 5.40. The van der Waals surface area contributed by atoms with Crippen LogP contribution in [0, 0.1) is 22.9 Å². The number of carbonyl (C=O) groups excluding carboxylic acids is 1. The molecule has 1 aliphatic heterocycles. The van der Waals surface area contributed by atoms with Crippen LogP contribution in [0.25, 0.3) is 10.9 Å². The van der Waals surface area contributed by atoms with Crippen LogP contribution < -0.4 is 21.3 Å². The maximum atomic E-state index is 15.9. The van der Waals surface area contributed by atoms with Crippen LogP contribution >= 0.6 is 0 Å². The molecule has 1 fully saturated rings. The van der Waals surface area contributed by atoms with Gasteiger partial charge in [0.15, 0.2) is 11.6 Å². The number of piperidine rings is 1. The summed E-state index contributed by atoms with van der Waals surface area (Å²) in [5.74, 6) is -3.06. The molecule has 12 heteroatoms.